The van der Waals surface area contributed by atoms with Crippen LogP contribution in [0.2, 0.25) is 5.02 Å². The summed E-state index contributed by atoms with van der Waals surface area (Å²) in [5.74, 6) is -0.0825. The molecule has 0 unspecified atom stereocenters. The summed E-state index contributed by atoms with van der Waals surface area (Å²) in [6.45, 7) is 4.82. The number of halogens is 1. The zero-order valence-electron chi connectivity index (χ0n) is 9.29. The normalized spacial score (nSPS) is 9.88. The van der Waals surface area contributed by atoms with Gasteiger partial charge in [0.25, 0.3) is 5.91 Å². The molecule has 5 heteroatoms. The highest BCUT2D eigenvalue weighted by Gasteiger charge is 2.19. The highest BCUT2D eigenvalue weighted by molar-refractivity contribution is 7.13. The maximum absolute atomic E-state index is 12.1. The molecular weight excluding hydrogens is 244 g/mol. The SMILES string of the molecule is CCN(CCC#N)C(=O)c1scc(C)c1Cl. The maximum atomic E-state index is 12.1. The van der Waals surface area contributed by atoms with Gasteiger partial charge in [0.05, 0.1) is 17.5 Å². The summed E-state index contributed by atoms with van der Waals surface area (Å²) in [7, 11) is 0. The molecule has 0 saturated carbocycles. The second-order valence-corrected chi connectivity index (χ2v) is 4.61. The standard InChI is InChI=1S/C11H13ClN2OS/c1-3-14(6-4-5-13)11(15)10-9(12)8(2)7-16-10/h7H,3-4,6H2,1-2H3. The predicted octanol–water partition coefficient (Wildman–Crippen LogP) is 3.09. The van der Waals surface area contributed by atoms with Gasteiger partial charge in [0.2, 0.25) is 0 Å². The van der Waals surface area contributed by atoms with Crippen molar-refractivity contribution in [3.63, 3.8) is 0 Å². The molecule has 0 spiro atoms. The highest BCUT2D eigenvalue weighted by Crippen LogP contribution is 2.28. The van der Waals surface area contributed by atoms with E-state index in [1.165, 1.54) is 11.3 Å². The fourth-order valence-electron chi connectivity index (χ4n) is 1.31. The van der Waals surface area contributed by atoms with Crippen LogP contribution >= 0.6 is 22.9 Å². The smallest absolute Gasteiger partial charge is 0.265 e. The second kappa shape index (κ2) is 5.88. The Morgan fingerprint density at radius 1 is 1.69 bits per heavy atom. The van der Waals surface area contributed by atoms with Crippen molar-refractivity contribution in [1.82, 2.24) is 4.90 Å². The number of hydrogen-bond donors (Lipinski definition) is 0. The molecule has 0 atom stereocenters. The summed E-state index contributed by atoms with van der Waals surface area (Å²) >= 11 is 7.39. The fourth-order valence-corrected chi connectivity index (χ4v) is 2.55. The van der Waals surface area contributed by atoms with Gasteiger partial charge in [-0.25, -0.2) is 0 Å². The van der Waals surface area contributed by atoms with Crippen molar-refractivity contribution in [1.29, 1.82) is 5.26 Å². The van der Waals surface area contributed by atoms with Crippen LogP contribution < -0.4 is 0 Å². The van der Waals surface area contributed by atoms with Gasteiger partial charge in [0, 0.05) is 13.1 Å². The molecule has 1 aromatic heterocycles. The Hall–Kier alpha value is -1.05. The van der Waals surface area contributed by atoms with Crippen LogP contribution in [-0.2, 0) is 0 Å². The van der Waals surface area contributed by atoms with E-state index >= 15 is 0 Å². The minimum atomic E-state index is -0.0825. The molecular formula is C11H13ClN2OS. The molecule has 3 nitrogen and oxygen atoms in total. The number of carbonyl (C=O) groups is 1. The van der Waals surface area contributed by atoms with Crippen LogP contribution in [0.1, 0.15) is 28.6 Å². The van der Waals surface area contributed by atoms with Crippen LogP contribution in [0.4, 0.5) is 0 Å². The molecule has 1 aromatic rings. The lowest BCUT2D eigenvalue weighted by Gasteiger charge is -2.18. The Kier molecular flexibility index (Phi) is 4.78. The van der Waals surface area contributed by atoms with Gasteiger partial charge in [-0.05, 0) is 24.8 Å². The molecule has 0 saturated heterocycles. The van der Waals surface area contributed by atoms with Gasteiger partial charge >= 0.3 is 0 Å². The van der Waals surface area contributed by atoms with Crippen molar-refractivity contribution in [3.8, 4) is 6.07 Å². The van der Waals surface area contributed by atoms with Gasteiger partial charge < -0.3 is 4.90 Å². The molecule has 1 heterocycles. The zero-order chi connectivity index (χ0) is 12.1. The van der Waals surface area contributed by atoms with E-state index in [1.807, 2.05) is 25.3 Å². The number of aryl methyl sites for hydroxylation is 1. The van der Waals surface area contributed by atoms with Crippen molar-refractivity contribution < 1.29 is 4.79 Å². The summed E-state index contributed by atoms with van der Waals surface area (Å²) in [6.07, 6.45) is 0.349. The molecule has 0 aliphatic rings. The fraction of sp³-hybridized carbons (Fsp3) is 0.455. The van der Waals surface area contributed by atoms with Crippen LogP contribution in [0.3, 0.4) is 0 Å². The monoisotopic (exact) mass is 256 g/mol. The van der Waals surface area contributed by atoms with Gasteiger partial charge in [-0.15, -0.1) is 11.3 Å². The quantitative estimate of drug-likeness (QED) is 0.831. The molecule has 0 aromatic carbocycles. The number of carbonyl (C=O) groups excluding carboxylic acids is 1. The summed E-state index contributed by atoms with van der Waals surface area (Å²) in [4.78, 5) is 14.3. The van der Waals surface area contributed by atoms with Gasteiger partial charge in [-0.3, -0.25) is 4.79 Å². The number of thiophene rings is 1. The molecule has 1 rings (SSSR count). The van der Waals surface area contributed by atoms with E-state index in [-0.39, 0.29) is 5.91 Å². The van der Waals surface area contributed by atoms with E-state index in [4.69, 9.17) is 16.9 Å². The number of nitrogens with zero attached hydrogens (tertiary/aromatic N) is 2. The first-order chi connectivity index (χ1) is 7.61. The lowest BCUT2D eigenvalue weighted by molar-refractivity contribution is 0.0773. The van der Waals surface area contributed by atoms with E-state index < -0.39 is 0 Å². The molecule has 16 heavy (non-hydrogen) atoms. The third kappa shape index (κ3) is 2.75. The summed E-state index contributed by atoms with van der Waals surface area (Å²) in [6, 6.07) is 2.04. The van der Waals surface area contributed by atoms with Crippen LogP contribution in [0.5, 0.6) is 0 Å². The number of amides is 1. The second-order valence-electron chi connectivity index (χ2n) is 3.35. The topological polar surface area (TPSA) is 44.1 Å². The van der Waals surface area contributed by atoms with Crippen LogP contribution in [0.25, 0.3) is 0 Å². The highest BCUT2D eigenvalue weighted by atomic mass is 35.5. The largest absolute Gasteiger partial charge is 0.337 e. The lowest BCUT2D eigenvalue weighted by atomic mass is 10.3. The first kappa shape index (κ1) is 13.0. The average molecular weight is 257 g/mol. The third-order valence-corrected chi connectivity index (χ3v) is 3.94. The van der Waals surface area contributed by atoms with Gasteiger partial charge in [0.15, 0.2) is 0 Å². The summed E-state index contributed by atoms with van der Waals surface area (Å²) in [5.41, 5.74) is 0.923. The lowest BCUT2D eigenvalue weighted by Crippen LogP contribution is -2.31. The minimum absolute atomic E-state index is 0.0825. The van der Waals surface area contributed by atoms with E-state index in [2.05, 4.69) is 0 Å². The number of hydrogen-bond acceptors (Lipinski definition) is 3. The Morgan fingerprint density at radius 2 is 2.38 bits per heavy atom. The summed E-state index contributed by atoms with van der Waals surface area (Å²) < 4.78 is 0. The number of rotatable bonds is 4. The minimum Gasteiger partial charge on any atom is -0.337 e. The molecule has 86 valence electrons. The van der Waals surface area contributed by atoms with Crippen LogP contribution in [0, 0.1) is 18.3 Å². The van der Waals surface area contributed by atoms with Crippen molar-refractivity contribution in [2.45, 2.75) is 20.3 Å². The molecule has 0 radical (unpaired) electrons. The first-order valence-corrected chi connectivity index (χ1v) is 6.27. The predicted molar refractivity (Wildman–Crippen MR) is 65.9 cm³/mol. The van der Waals surface area contributed by atoms with E-state index in [0.29, 0.717) is 29.4 Å². The van der Waals surface area contributed by atoms with Gasteiger partial charge in [-0.2, -0.15) is 5.26 Å². The van der Waals surface area contributed by atoms with Crippen molar-refractivity contribution in [2.24, 2.45) is 0 Å². The van der Waals surface area contributed by atoms with Gasteiger partial charge in [0.1, 0.15) is 4.88 Å². The molecule has 0 aliphatic carbocycles. The van der Waals surface area contributed by atoms with Crippen molar-refractivity contribution >= 4 is 28.8 Å². The van der Waals surface area contributed by atoms with Crippen molar-refractivity contribution in [2.75, 3.05) is 13.1 Å². The average Bonchev–Trinajstić information content (AvgIpc) is 2.60. The Labute approximate surface area is 104 Å². The molecule has 0 aliphatic heterocycles. The van der Waals surface area contributed by atoms with Gasteiger partial charge in [-0.1, -0.05) is 11.6 Å². The van der Waals surface area contributed by atoms with Crippen LogP contribution in [0.15, 0.2) is 5.38 Å². The number of nitriles is 1. The first-order valence-electron chi connectivity index (χ1n) is 5.01. The Bertz CT molecular complexity index is 422. The summed E-state index contributed by atoms with van der Waals surface area (Å²) in [5, 5.41) is 10.9. The maximum Gasteiger partial charge on any atom is 0.265 e. The Morgan fingerprint density at radius 3 is 2.81 bits per heavy atom. The molecule has 0 bridgehead atoms. The van der Waals surface area contributed by atoms with E-state index in [9.17, 15) is 4.79 Å². The zero-order valence-corrected chi connectivity index (χ0v) is 10.9. The Balaban J connectivity index is 2.83. The third-order valence-electron chi connectivity index (χ3n) is 2.26. The molecule has 0 fully saturated rings. The molecule has 0 N–H and O–H groups in total. The van der Waals surface area contributed by atoms with Crippen LogP contribution in [-0.4, -0.2) is 23.9 Å². The van der Waals surface area contributed by atoms with E-state index in [1.54, 1.807) is 4.90 Å². The van der Waals surface area contributed by atoms with Crippen molar-refractivity contribution in [3.05, 3.63) is 20.8 Å². The molecule has 1 amide bonds. The van der Waals surface area contributed by atoms with E-state index in [0.717, 1.165) is 5.56 Å².